The molecule has 1 aliphatic rings. The lowest BCUT2D eigenvalue weighted by Gasteiger charge is -2.61. The monoisotopic (exact) mass is 299 g/mol. The fourth-order valence-corrected chi connectivity index (χ4v) is 4.14. The Morgan fingerprint density at radius 2 is 1.24 bits per heavy atom. The topological polar surface area (TPSA) is 3.24 Å². The molecule has 0 spiro atoms. The summed E-state index contributed by atoms with van der Waals surface area (Å²) in [5, 5.41) is 0. The van der Waals surface area contributed by atoms with Gasteiger partial charge in [-0.2, -0.15) is 0 Å². The molecule has 0 aliphatic carbocycles. The Hall–Kier alpha value is -1.31. The summed E-state index contributed by atoms with van der Waals surface area (Å²) in [6.07, 6.45) is 0. The molecule has 1 fully saturated rings. The van der Waals surface area contributed by atoms with Crippen molar-refractivity contribution in [3.05, 3.63) is 71.8 Å². The summed E-state index contributed by atoms with van der Waals surface area (Å²) in [4.78, 5) is 2.24. The van der Waals surface area contributed by atoms with E-state index in [0.29, 0.717) is 6.04 Å². The third-order valence-electron chi connectivity index (χ3n) is 4.49. The molecule has 1 aliphatic heterocycles. The Kier molecular flexibility index (Phi) is 3.81. The fourth-order valence-electron chi connectivity index (χ4n) is 3.66. The summed E-state index contributed by atoms with van der Waals surface area (Å²) in [7, 11) is 0. The first-order valence-corrected chi connectivity index (χ1v) is 7.97. The maximum atomic E-state index is 7.00. The molecule has 1 unspecified atom stereocenters. The number of likely N-dealkylation sites (tertiary alicyclic amines) is 1. The lowest BCUT2D eigenvalue weighted by molar-refractivity contribution is -0.0580. The first-order chi connectivity index (χ1) is 10.0. The molecule has 2 aromatic carbocycles. The molecule has 2 heteroatoms. The van der Waals surface area contributed by atoms with Crippen molar-refractivity contribution in [3.63, 3.8) is 0 Å². The van der Waals surface area contributed by atoms with Crippen molar-refractivity contribution in [2.24, 2.45) is 0 Å². The van der Waals surface area contributed by atoms with Crippen LogP contribution in [-0.2, 0) is 0 Å². The van der Waals surface area contributed by atoms with E-state index in [1.165, 1.54) is 11.1 Å². The van der Waals surface area contributed by atoms with Gasteiger partial charge in [0.15, 0.2) is 0 Å². The van der Waals surface area contributed by atoms with E-state index in [1.54, 1.807) is 0 Å². The Labute approximate surface area is 132 Å². The second-order valence-corrected chi connectivity index (χ2v) is 7.13. The van der Waals surface area contributed by atoms with Gasteiger partial charge in [0, 0.05) is 6.04 Å². The molecule has 21 heavy (non-hydrogen) atoms. The van der Waals surface area contributed by atoms with Gasteiger partial charge < -0.3 is 0 Å². The second kappa shape index (κ2) is 5.47. The van der Waals surface area contributed by atoms with Crippen molar-refractivity contribution < 1.29 is 0 Å². The number of hydrogen-bond donors (Lipinski definition) is 0. The Morgan fingerprint density at radius 1 is 0.857 bits per heavy atom. The summed E-state index contributed by atoms with van der Waals surface area (Å²) < 4.78 is 0. The first kappa shape index (κ1) is 14.6. The third kappa shape index (κ3) is 2.39. The average Bonchev–Trinajstić information content (AvgIpc) is 2.47. The minimum Gasteiger partial charge on any atom is -0.283 e. The third-order valence-corrected chi connectivity index (χ3v) is 4.91. The van der Waals surface area contributed by atoms with Crippen LogP contribution in [0.2, 0.25) is 0 Å². The van der Waals surface area contributed by atoms with Crippen molar-refractivity contribution in [1.29, 1.82) is 0 Å². The van der Waals surface area contributed by atoms with Crippen LogP contribution in [0.1, 0.15) is 44.0 Å². The van der Waals surface area contributed by atoms with Crippen molar-refractivity contribution in [2.75, 3.05) is 0 Å². The van der Waals surface area contributed by atoms with Gasteiger partial charge in [0.2, 0.25) is 0 Å². The van der Waals surface area contributed by atoms with Crippen molar-refractivity contribution in [1.82, 2.24) is 4.90 Å². The maximum absolute atomic E-state index is 7.00. The van der Waals surface area contributed by atoms with Gasteiger partial charge in [-0.1, -0.05) is 60.7 Å². The zero-order valence-electron chi connectivity index (χ0n) is 12.8. The van der Waals surface area contributed by atoms with Gasteiger partial charge in [0.05, 0.1) is 17.0 Å². The number of hydrogen-bond acceptors (Lipinski definition) is 1. The van der Waals surface area contributed by atoms with Gasteiger partial charge in [-0.3, -0.25) is 4.90 Å². The lowest BCUT2D eigenvalue weighted by atomic mass is 9.72. The molecular formula is C19H22ClN. The van der Waals surface area contributed by atoms with Crippen LogP contribution in [0.15, 0.2) is 60.7 Å². The van der Waals surface area contributed by atoms with Crippen LogP contribution < -0.4 is 0 Å². The molecular weight excluding hydrogens is 278 g/mol. The minimum atomic E-state index is -0.285. The van der Waals surface area contributed by atoms with Gasteiger partial charge in [-0.05, 0) is 31.9 Å². The average molecular weight is 300 g/mol. The Bertz CT molecular complexity index is 542. The normalized spacial score (nSPS) is 29.4. The standard InChI is InChI=1S/C19H22ClN/c1-14(2)21-17(15-10-6-4-7-11-15)19(3,20)18(21)16-12-8-5-9-13-16/h4-14,17-18H,1-3H3/t17-,18+,19?. The number of alkyl halides is 1. The molecule has 1 nitrogen and oxygen atoms in total. The summed E-state index contributed by atoms with van der Waals surface area (Å²) in [6, 6.07) is 22.2. The van der Waals surface area contributed by atoms with Crippen LogP contribution >= 0.6 is 11.6 Å². The van der Waals surface area contributed by atoms with Crippen LogP contribution in [0.3, 0.4) is 0 Å². The lowest BCUT2D eigenvalue weighted by Crippen LogP contribution is -2.63. The van der Waals surface area contributed by atoms with Gasteiger partial charge in [-0.25, -0.2) is 0 Å². The quantitative estimate of drug-likeness (QED) is 0.705. The van der Waals surface area contributed by atoms with Crippen molar-refractivity contribution in [2.45, 2.75) is 43.8 Å². The van der Waals surface area contributed by atoms with E-state index in [1.807, 2.05) is 0 Å². The SMILES string of the molecule is CC(C)N1[C@@H](c2ccccc2)C(C)(Cl)[C@H]1c1ccccc1. The largest absolute Gasteiger partial charge is 0.283 e. The van der Waals surface area contributed by atoms with E-state index in [-0.39, 0.29) is 17.0 Å². The molecule has 0 radical (unpaired) electrons. The summed E-state index contributed by atoms with van der Waals surface area (Å²) >= 11 is 7.00. The van der Waals surface area contributed by atoms with Gasteiger partial charge in [-0.15, -0.1) is 11.6 Å². The zero-order chi connectivity index (χ0) is 15.0. The fraction of sp³-hybridized carbons (Fsp3) is 0.368. The van der Waals surface area contributed by atoms with Crippen molar-refractivity contribution >= 4 is 11.6 Å². The van der Waals surface area contributed by atoms with Crippen LogP contribution in [0.5, 0.6) is 0 Å². The highest BCUT2D eigenvalue weighted by Gasteiger charge is 2.58. The maximum Gasteiger partial charge on any atom is 0.0811 e. The van der Waals surface area contributed by atoms with Crippen LogP contribution in [-0.4, -0.2) is 15.8 Å². The van der Waals surface area contributed by atoms with E-state index < -0.39 is 0 Å². The molecule has 0 bridgehead atoms. The molecule has 110 valence electrons. The van der Waals surface area contributed by atoms with Gasteiger partial charge in [0.25, 0.3) is 0 Å². The van der Waals surface area contributed by atoms with E-state index in [0.717, 1.165) is 0 Å². The van der Waals surface area contributed by atoms with E-state index >= 15 is 0 Å². The number of benzene rings is 2. The molecule has 0 amide bonds. The highest BCUT2D eigenvalue weighted by atomic mass is 35.5. The molecule has 0 aromatic heterocycles. The Balaban J connectivity index is 2.01. The second-order valence-electron chi connectivity index (χ2n) is 6.32. The molecule has 1 saturated heterocycles. The zero-order valence-corrected chi connectivity index (χ0v) is 13.6. The van der Waals surface area contributed by atoms with Gasteiger partial charge >= 0.3 is 0 Å². The molecule has 3 atom stereocenters. The first-order valence-electron chi connectivity index (χ1n) is 7.59. The molecule has 2 aromatic rings. The van der Waals surface area contributed by atoms with Crippen LogP contribution in [0.25, 0.3) is 0 Å². The summed E-state index contributed by atoms with van der Waals surface area (Å²) in [6.45, 7) is 6.67. The predicted octanol–water partition coefficient (Wildman–Crippen LogP) is 5.19. The molecule has 0 saturated carbocycles. The van der Waals surface area contributed by atoms with E-state index in [4.69, 9.17) is 11.6 Å². The molecule has 3 rings (SSSR count). The predicted molar refractivity (Wildman–Crippen MR) is 89.6 cm³/mol. The minimum absolute atomic E-state index is 0.255. The molecule has 1 heterocycles. The van der Waals surface area contributed by atoms with Crippen molar-refractivity contribution in [3.8, 4) is 0 Å². The van der Waals surface area contributed by atoms with Crippen LogP contribution in [0, 0.1) is 0 Å². The number of rotatable bonds is 3. The van der Waals surface area contributed by atoms with E-state index in [2.05, 4.69) is 86.3 Å². The summed E-state index contributed by atoms with van der Waals surface area (Å²) in [5.74, 6) is 0. The number of nitrogens with zero attached hydrogens (tertiary/aromatic N) is 1. The smallest absolute Gasteiger partial charge is 0.0811 e. The summed E-state index contributed by atoms with van der Waals surface area (Å²) in [5.41, 5.74) is 2.60. The number of halogens is 1. The van der Waals surface area contributed by atoms with Gasteiger partial charge in [0.1, 0.15) is 0 Å². The van der Waals surface area contributed by atoms with Crippen LogP contribution in [0.4, 0.5) is 0 Å². The van der Waals surface area contributed by atoms with E-state index in [9.17, 15) is 0 Å². The highest BCUT2D eigenvalue weighted by molar-refractivity contribution is 6.25. The highest BCUT2D eigenvalue weighted by Crippen LogP contribution is 2.59. The molecule has 0 N–H and O–H groups in total. The Morgan fingerprint density at radius 3 is 1.57 bits per heavy atom.